The third kappa shape index (κ3) is 2.10. The van der Waals surface area contributed by atoms with Gasteiger partial charge in [-0.1, -0.05) is 18.2 Å². The minimum absolute atomic E-state index is 0.000130. The number of nitrogens with two attached hydrogens (primary N) is 1. The molecule has 0 saturated carbocycles. The fraction of sp³-hybridized carbons (Fsp3) is 0.0667. The molecule has 0 radical (unpaired) electrons. The van der Waals surface area contributed by atoms with Gasteiger partial charge in [-0.3, -0.25) is 0 Å². The standard InChI is InChI=1S/C15H12F2N2O2S/c16-13-11(9-18)8-10-6-7-19(15(10)14(13)17)22(20,21)12-4-2-1-3-5-12/h1-8H,9,18H2. The van der Waals surface area contributed by atoms with E-state index in [1.165, 1.54) is 30.5 Å². The molecule has 0 bridgehead atoms. The van der Waals surface area contributed by atoms with Crippen molar-refractivity contribution < 1.29 is 17.2 Å². The third-order valence-corrected chi connectivity index (χ3v) is 5.11. The van der Waals surface area contributed by atoms with Gasteiger partial charge < -0.3 is 5.73 Å². The van der Waals surface area contributed by atoms with Gasteiger partial charge in [0.15, 0.2) is 11.6 Å². The molecule has 0 aliphatic rings. The number of benzene rings is 2. The van der Waals surface area contributed by atoms with Crippen molar-refractivity contribution in [2.75, 3.05) is 0 Å². The second-order valence-corrected chi connectivity index (χ2v) is 6.55. The molecule has 7 heteroatoms. The number of fused-ring (bicyclic) bond motifs is 1. The lowest BCUT2D eigenvalue weighted by Crippen LogP contribution is -2.13. The quantitative estimate of drug-likeness (QED) is 0.806. The predicted octanol–water partition coefficient (Wildman–Crippen LogP) is 2.62. The number of halogens is 2. The third-order valence-electron chi connectivity index (χ3n) is 3.42. The molecule has 0 fully saturated rings. The fourth-order valence-electron chi connectivity index (χ4n) is 2.32. The summed E-state index contributed by atoms with van der Waals surface area (Å²) in [6, 6.07) is 10.3. The Morgan fingerprint density at radius 2 is 1.73 bits per heavy atom. The minimum Gasteiger partial charge on any atom is -0.326 e. The van der Waals surface area contributed by atoms with Gasteiger partial charge >= 0.3 is 0 Å². The van der Waals surface area contributed by atoms with E-state index in [0.717, 1.165) is 3.97 Å². The molecule has 0 saturated heterocycles. The summed E-state index contributed by atoms with van der Waals surface area (Å²) >= 11 is 0. The van der Waals surface area contributed by atoms with Crippen LogP contribution < -0.4 is 5.73 Å². The van der Waals surface area contributed by atoms with E-state index in [9.17, 15) is 17.2 Å². The molecule has 1 aromatic heterocycles. The first-order valence-corrected chi connectivity index (χ1v) is 7.89. The highest BCUT2D eigenvalue weighted by atomic mass is 32.2. The highest BCUT2D eigenvalue weighted by Crippen LogP contribution is 2.28. The van der Waals surface area contributed by atoms with Crippen LogP contribution >= 0.6 is 0 Å². The molecule has 0 atom stereocenters. The summed E-state index contributed by atoms with van der Waals surface area (Å²) in [5, 5.41) is 0.277. The molecule has 0 amide bonds. The molecule has 3 aromatic rings. The Balaban J connectivity index is 2.32. The molecule has 4 nitrogen and oxygen atoms in total. The lowest BCUT2D eigenvalue weighted by Gasteiger charge is -2.09. The Labute approximate surface area is 125 Å². The fourth-order valence-corrected chi connectivity index (χ4v) is 3.69. The summed E-state index contributed by atoms with van der Waals surface area (Å²) in [6.07, 6.45) is 1.20. The van der Waals surface area contributed by atoms with Crippen LogP contribution in [-0.4, -0.2) is 12.4 Å². The molecule has 0 spiro atoms. The SMILES string of the molecule is NCc1cc2ccn(S(=O)(=O)c3ccccc3)c2c(F)c1F. The van der Waals surface area contributed by atoms with Crippen LogP contribution in [0.3, 0.4) is 0 Å². The summed E-state index contributed by atoms with van der Waals surface area (Å²) in [5.74, 6) is -2.35. The van der Waals surface area contributed by atoms with Crippen molar-refractivity contribution >= 4 is 20.9 Å². The Kier molecular flexibility index (Phi) is 3.46. The van der Waals surface area contributed by atoms with Crippen molar-refractivity contribution in [2.24, 2.45) is 5.73 Å². The summed E-state index contributed by atoms with van der Waals surface area (Å²) in [6.45, 7) is -0.171. The molecule has 0 aliphatic carbocycles. The molecule has 2 aromatic carbocycles. The molecular formula is C15H12F2N2O2S. The second-order valence-electron chi connectivity index (χ2n) is 4.74. The van der Waals surface area contributed by atoms with Gasteiger partial charge in [0.25, 0.3) is 10.0 Å². The van der Waals surface area contributed by atoms with Crippen molar-refractivity contribution in [3.05, 3.63) is 65.9 Å². The van der Waals surface area contributed by atoms with E-state index in [1.54, 1.807) is 18.2 Å². The Hall–Kier alpha value is -2.25. The van der Waals surface area contributed by atoms with Gasteiger partial charge in [-0.15, -0.1) is 0 Å². The van der Waals surface area contributed by atoms with Crippen LogP contribution in [0.25, 0.3) is 10.9 Å². The summed E-state index contributed by atoms with van der Waals surface area (Å²) in [7, 11) is -4.00. The van der Waals surface area contributed by atoms with Gasteiger partial charge in [-0.2, -0.15) is 0 Å². The van der Waals surface area contributed by atoms with Crippen LogP contribution in [0, 0.1) is 11.6 Å². The van der Waals surface area contributed by atoms with E-state index in [0.29, 0.717) is 0 Å². The maximum absolute atomic E-state index is 14.3. The average molecular weight is 322 g/mol. The van der Waals surface area contributed by atoms with Crippen LogP contribution in [0.1, 0.15) is 5.56 Å². The number of hydrogen-bond acceptors (Lipinski definition) is 3. The van der Waals surface area contributed by atoms with E-state index < -0.39 is 21.7 Å². The molecule has 0 aliphatic heterocycles. The summed E-state index contributed by atoms with van der Waals surface area (Å²) in [5.41, 5.74) is 5.04. The van der Waals surface area contributed by atoms with E-state index >= 15 is 0 Å². The first kappa shape index (κ1) is 14.7. The van der Waals surface area contributed by atoms with E-state index in [1.807, 2.05) is 0 Å². The normalized spacial score (nSPS) is 12.0. The molecular weight excluding hydrogens is 310 g/mol. The number of nitrogens with zero attached hydrogens (tertiary/aromatic N) is 1. The summed E-state index contributed by atoms with van der Waals surface area (Å²) in [4.78, 5) is -0.00444. The number of aromatic nitrogens is 1. The van der Waals surface area contributed by atoms with Gasteiger partial charge in [-0.05, 0) is 24.3 Å². The molecule has 0 unspecified atom stereocenters. The van der Waals surface area contributed by atoms with Crippen LogP contribution in [-0.2, 0) is 16.6 Å². The lowest BCUT2D eigenvalue weighted by atomic mass is 10.1. The van der Waals surface area contributed by atoms with Crippen molar-refractivity contribution in [3.8, 4) is 0 Å². The zero-order valence-electron chi connectivity index (χ0n) is 11.3. The maximum Gasteiger partial charge on any atom is 0.268 e. The van der Waals surface area contributed by atoms with E-state index in [4.69, 9.17) is 5.73 Å². The van der Waals surface area contributed by atoms with Crippen molar-refractivity contribution in [3.63, 3.8) is 0 Å². The van der Waals surface area contributed by atoms with E-state index in [2.05, 4.69) is 0 Å². The van der Waals surface area contributed by atoms with E-state index in [-0.39, 0.29) is 27.9 Å². The zero-order valence-corrected chi connectivity index (χ0v) is 12.1. The Bertz CT molecular complexity index is 951. The van der Waals surface area contributed by atoms with Crippen molar-refractivity contribution in [1.82, 2.24) is 3.97 Å². The van der Waals surface area contributed by atoms with Crippen LogP contribution in [0.2, 0.25) is 0 Å². The summed E-state index contributed by atoms with van der Waals surface area (Å²) < 4.78 is 54.1. The smallest absolute Gasteiger partial charge is 0.268 e. The second kappa shape index (κ2) is 5.19. The van der Waals surface area contributed by atoms with Crippen LogP contribution in [0.15, 0.2) is 53.6 Å². The van der Waals surface area contributed by atoms with Gasteiger partial charge in [0.2, 0.25) is 0 Å². The molecule has 114 valence electrons. The van der Waals surface area contributed by atoms with Crippen LogP contribution in [0.4, 0.5) is 8.78 Å². The van der Waals surface area contributed by atoms with Crippen molar-refractivity contribution in [2.45, 2.75) is 11.4 Å². The van der Waals surface area contributed by atoms with Gasteiger partial charge in [0.05, 0.1) is 4.90 Å². The Morgan fingerprint density at radius 1 is 1.05 bits per heavy atom. The highest BCUT2D eigenvalue weighted by molar-refractivity contribution is 7.90. The highest BCUT2D eigenvalue weighted by Gasteiger charge is 2.23. The molecule has 22 heavy (non-hydrogen) atoms. The minimum atomic E-state index is -4.00. The molecule has 2 N–H and O–H groups in total. The van der Waals surface area contributed by atoms with Gasteiger partial charge in [0, 0.05) is 23.7 Å². The number of rotatable bonds is 3. The topological polar surface area (TPSA) is 65.1 Å². The lowest BCUT2D eigenvalue weighted by molar-refractivity contribution is 0.505. The monoisotopic (exact) mass is 322 g/mol. The average Bonchev–Trinajstić information content (AvgIpc) is 2.96. The zero-order chi connectivity index (χ0) is 15.9. The van der Waals surface area contributed by atoms with Crippen LogP contribution in [0.5, 0.6) is 0 Å². The molecule has 3 rings (SSSR count). The Morgan fingerprint density at radius 3 is 2.36 bits per heavy atom. The first-order valence-electron chi connectivity index (χ1n) is 6.45. The first-order chi connectivity index (χ1) is 10.5. The molecule has 1 heterocycles. The largest absolute Gasteiger partial charge is 0.326 e. The predicted molar refractivity (Wildman–Crippen MR) is 78.8 cm³/mol. The van der Waals surface area contributed by atoms with Gasteiger partial charge in [0.1, 0.15) is 5.52 Å². The van der Waals surface area contributed by atoms with Gasteiger partial charge in [-0.25, -0.2) is 21.2 Å². The number of hydrogen-bond donors (Lipinski definition) is 1. The maximum atomic E-state index is 14.3. The van der Waals surface area contributed by atoms with Crippen molar-refractivity contribution in [1.29, 1.82) is 0 Å².